The van der Waals surface area contributed by atoms with Gasteiger partial charge in [0.1, 0.15) is 5.75 Å². The monoisotopic (exact) mass is 353 g/mol. The lowest BCUT2D eigenvalue weighted by Crippen LogP contribution is -2.21. The van der Waals surface area contributed by atoms with Gasteiger partial charge in [0.25, 0.3) is 0 Å². The highest BCUT2D eigenvalue weighted by Gasteiger charge is 2.14. The average molecular weight is 354 g/mol. The van der Waals surface area contributed by atoms with Crippen molar-refractivity contribution in [2.75, 3.05) is 24.3 Å². The number of nitro benzene ring substituents is 1. The first-order valence-corrected chi connectivity index (χ1v) is 7.09. The van der Waals surface area contributed by atoms with Gasteiger partial charge in [0, 0.05) is 17.4 Å². The second kappa shape index (κ2) is 7.60. The van der Waals surface area contributed by atoms with E-state index in [2.05, 4.69) is 10.6 Å². The van der Waals surface area contributed by atoms with Crippen molar-refractivity contribution in [1.29, 1.82) is 0 Å². The minimum Gasteiger partial charge on any atom is -0.495 e. The van der Waals surface area contributed by atoms with E-state index in [1.165, 1.54) is 19.2 Å². The van der Waals surface area contributed by atoms with Crippen LogP contribution in [-0.4, -0.2) is 24.5 Å². The average Bonchev–Trinajstić information content (AvgIpc) is 2.54. The van der Waals surface area contributed by atoms with Gasteiger partial charge < -0.3 is 15.4 Å². The molecule has 7 nitrogen and oxygen atoms in total. The van der Waals surface area contributed by atoms with Crippen LogP contribution in [0.1, 0.15) is 0 Å². The number of hydrogen-bond donors (Lipinski definition) is 2. The van der Waals surface area contributed by atoms with Crippen molar-refractivity contribution in [3.05, 3.63) is 57.4 Å². The Bertz CT molecular complexity index is 785. The third kappa shape index (κ3) is 4.32. The summed E-state index contributed by atoms with van der Waals surface area (Å²) in [6.45, 7) is -0.160. The van der Waals surface area contributed by atoms with Crippen LogP contribution in [0.5, 0.6) is 5.75 Å². The maximum atomic E-state index is 13.2. The van der Waals surface area contributed by atoms with Crippen molar-refractivity contribution >= 4 is 34.6 Å². The number of carbonyl (C=O) groups is 1. The van der Waals surface area contributed by atoms with Gasteiger partial charge in [-0.15, -0.1) is 0 Å². The Labute approximate surface area is 141 Å². The minimum atomic E-state index is -0.942. The molecule has 1 amide bonds. The molecule has 0 aliphatic carbocycles. The van der Waals surface area contributed by atoms with E-state index in [-0.39, 0.29) is 12.2 Å². The predicted octanol–water partition coefficient (Wildman–Crippen LogP) is 3.45. The van der Waals surface area contributed by atoms with Crippen LogP contribution in [0.3, 0.4) is 0 Å². The van der Waals surface area contributed by atoms with Gasteiger partial charge in [0.05, 0.1) is 23.6 Å². The standard InChI is InChI=1S/C15H13ClFN3O4/c1-24-14-5-3-10(6-11(14)16)19-15(21)8-18-9-2-4-12(17)13(7-9)20(22)23/h2-7,18H,8H2,1H3,(H,19,21). The molecule has 0 radical (unpaired) electrons. The number of halogens is 2. The summed E-state index contributed by atoms with van der Waals surface area (Å²) < 4.78 is 18.2. The molecule has 9 heteroatoms. The van der Waals surface area contributed by atoms with Crippen LogP contribution < -0.4 is 15.4 Å². The van der Waals surface area contributed by atoms with Gasteiger partial charge in [-0.1, -0.05) is 11.6 Å². The summed E-state index contributed by atoms with van der Waals surface area (Å²) in [4.78, 5) is 21.7. The van der Waals surface area contributed by atoms with Crippen LogP contribution in [0, 0.1) is 15.9 Å². The van der Waals surface area contributed by atoms with Crippen molar-refractivity contribution < 1.29 is 18.8 Å². The Kier molecular flexibility index (Phi) is 5.54. The fourth-order valence-corrected chi connectivity index (χ4v) is 2.15. The first-order chi connectivity index (χ1) is 11.4. The molecule has 0 aliphatic rings. The van der Waals surface area contributed by atoms with Crippen LogP contribution in [0.2, 0.25) is 5.02 Å². The maximum Gasteiger partial charge on any atom is 0.306 e. The summed E-state index contributed by atoms with van der Waals surface area (Å²) in [5.74, 6) is -0.863. The number of nitrogens with zero attached hydrogens (tertiary/aromatic N) is 1. The van der Waals surface area contributed by atoms with Crippen molar-refractivity contribution in [3.63, 3.8) is 0 Å². The quantitative estimate of drug-likeness (QED) is 0.613. The summed E-state index contributed by atoms with van der Waals surface area (Å²) in [6, 6.07) is 8.04. The molecular weight excluding hydrogens is 341 g/mol. The molecule has 2 aromatic rings. The molecule has 126 valence electrons. The predicted molar refractivity (Wildman–Crippen MR) is 88.2 cm³/mol. The molecule has 2 aromatic carbocycles. The van der Waals surface area contributed by atoms with E-state index < -0.39 is 22.3 Å². The number of nitro groups is 1. The van der Waals surface area contributed by atoms with Crippen molar-refractivity contribution in [3.8, 4) is 5.75 Å². The third-order valence-corrected chi connectivity index (χ3v) is 3.33. The number of hydrogen-bond acceptors (Lipinski definition) is 5. The van der Waals surface area contributed by atoms with Crippen LogP contribution in [0.15, 0.2) is 36.4 Å². The highest BCUT2D eigenvalue weighted by molar-refractivity contribution is 6.32. The molecule has 2 N–H and O–H groups in total. The molecule has 0 unspecified atom stereocenters. The Morgan fingerprint density at radius 3 is 2.62 bits per heavy atom. The second-order valence-electron chi connectivity index (χ2n) is 4.67. The zero-order valence-electron chi connectivity index (χ0n) is 12.5. The number of anilines is 2. The van der Waals surface area contributed by atoms with Gasteiger partial charge in [-0.2, -0.15) is 4.39 Å². The molecule has 0 aliphatic heterocycles. The number of benzene rings is 2. The first kappa shape index (κ1) is 17.5. The highest BCUT2D eigenvalue weighted by atomic mass is 35.5. The summed E-state index contributed by atoms with van der Waals surface area (Å²) in [5.41, 5.74) is 0.0612. The SMILES string of the molecule is COc1ccc(NC(=O)CNc2ccc(F)c([N+](=O)[O-])c2)cc1Cl. The fraction of sp³-hybridized carbons (Fsp3) is 0.133. The largest absolute Gasteiger partial charge is 0.495 e. The van der Waals surface area contributed by atoms with Crippen LogP contribution in [0.25, 0.3) is 0 Å². The molecule has 24 heavy (non-hydrogen) atoms. The number of methoxy groups -OCH3 is 1. The lowest BCUT2D eigenvalue weighted by molar-refractivity contribution is -0.387. The Morgan fingerprint density at radius 1 is 1.29 bits per heavy atom. The fourth-order valence-electron chi connectivity index (χ4n) is 1.89. The number of ether oxygens (including phenoxy) is 1. The minimum absolute atomic E-state index is 0.160. The summed E-state index contributed by atoms with van der Waals surface area (Å²) >= 11 is 5.96. The molecule has 0 aromatic heterocycles. The maximum absolute atomic E-state index is 13.2. The van der Waals surface area contributed by atoms with E-state index in [9.17, 15) is 19.3 Å². The van der Waals surface area contributed by atoms with E-state index in [0.717, 1.165) is 12.1 Å². The lowest BCUT2D eigenvalue weighted by Gasteiger charge is -2.09. The molecule has 2 rings (SSSR count). The van der Waals surface area contributed by atoms with E-state index in [0.29, 0.717) is 16.5 Å². The number of rotatable bonds is 6. The topological polar surface area (TPSA) is 93.5 Å². The van der Waals surface area contributed by atoms with E-state index in [4.69, 9.17) is 16.3 Å². The van der Waals surface area contributed by atoms with Gasteiger partial charge in [0.2, 0.25) is 11.7 Å². The summed E-state index contributed by atoms with van der Waals surface area (Å²) in [7, 11) is 1.48. The van der Waals surface area contributed by atoms with Gasteiger partial charge in [-0.3, -0.25) is 14.9 Å². The molecule has 0 fully saturated rings. The highest BCUT2D eigenvalue weighted by Crippen LogP contribution is 2.27. The van der Waals surface area contributed by atoms with Crippen LogP contribution >= 0.6 is 11.6 Å². The van der Waals surface area contributed by atoms with Crippen molar-refractivity contribution in [2.45, 2.75) is 0 Å². The Hall–Kier alpha value is -2.87. The van der Waals surface area contributed by atoms with E-state index in [1.54, 1.807) is 12.1 Å². The summed E-state index contributed by atoms with van der Waals surface area (Å²) in [5, 5.41) is 16.3. The van der Waals surface area contributed by atoms with Crippen molar-refractivity contribution in [1.82, 2.24) is 0 Å². The van der Waals surface area contributed by atoms with Crippen molar-refractivity contribution in [2.24, 2.45) is 0 Å². The second-order valence-corrected chi connectivity index (χ2v) is 5.08. The molecule has 0 atom stereocenters. The summed E-state index contributed by atoms with van der Waals surface area (Å²) in [6.07, 6.45) is 0. The van der Waals surface area contributed by atoms with E-state index >= 15 is 0 Å². The van der Waals surface area contributed by atoms with Gasteiger partial charge >= 0.3 is 5.69 Å². The first-order valence-electron chi connectivity index (χ1n) is 6.72. The van der Waals surface area contributed by atoms with Crippen LogP contribution in [-0.2, 0) is 4.79 Å². The lowest BCUT2D eigenvalue weighted by atomic mass is 10.2. The smallest absolute Gasteiger partial charge is 0.306 e. The normalized spacial score (nSPS) is 10.1. The molecule has 0 bridgehead atoms. The van der Waals surface area contributed by atoms with Gasteiger partial charge in [0.15, 0.2) is 0 Å². The molecule has 0 spiro atoms. The molecule has 0 heterocycles. The molecule has 0 saturated heterocycles. The van der Waals surface area contributed by atoms with Gasteiger partial charge in [-0.05, 0) is 30.3 Å². The Morgan fingerprint density at radius 2 is 2.00 bits per heavy atom. The number of nitrogens with one attached hydrogen (secondary N) is 2. The number of amides is 1. The van der Waals surface area contributed by atoms with Gasteiger partial charge in [-0.25, -0.2) is 0 Å². The third-order valence-electron chi connectivity index (χ3n) is 3.03. The zero-order valence-corrected chi connectivity index (χ0v) is 13.3. The number of carbonyl (C=O) groups excluding carboxylic acids is 1. The zero-order chi connectivity index (χ0) is 17.7. The molecular formula is C15H13ClFN3O4. The van der Waals surface area contributed by atoms with E-state index in [1.807, 2.05) is 0 Å². The molecule has 0 saturated carbocycles. The Balaban J connectivity index is 1.97. The van der Waals surface area contributed by atoms with Crippen LogP contribution in [0.4, 0.5) is 21.5 Å².